The summed E-state index contributed by atoms with van der Waals surface area (Å²) in [6, 6.07) is 0. The van der Waals surface area contributed by atoms with Crippen LogP contribution in [0, 0.1) is 5.92 Å². The van der Waals surface area contributed by atoms with Crippen LogP contribution in [-0.4, -0.2) is 39.0 Å². The Bertz CT molecular complexity index is 117. The first kappa shape index (κ1) is 6.58. The fourth-order valence-electron chi connectivity index (χ4n) is 1.59. The molecule has 1 aliphatic carbocycles. The monoisotopic (exact) mass is 143 g/mol. The summed E-state index contributed by atoms with van der Waals surface area (Å²) in [6.07, 6.45) is 0.808. The van der Waals surface area contributed by atoms with E-state index in [0.717, 1.165) is 19.8 Å². The van der Waals surface area contributed by atoms with E-state index in [2.05, 4.69) is 5.32 Å². The average Bonchev–Trinajstić information content (AvgIpc) is 2.66. The molecule has 0 spiro atoms. The second kappa shape index (κ2) is 2.49. The highest BCUT2D eigenvalue weighted by molar-refractivity contribution is 5.03. The van der Waals surface area contributed by atoms with Gasteiger partial charge in [-0.25, -0.2) is 0 Å². The first-order valence-electron chi connectivity index (χ1n) is 3.81. The van der Waals surface area contributed by atoms with Crippen molar-refractivity contribution in [1.82, 2.24) is 5.32 Å². The van der Waals surface area contributed by atoms with Gasteiger partial charge in [0.25, 0.3) is 0 Å². The van der Waals surface area contributed by atoms with Crippen molar-refractivity contribution >= 4 is 0 Å². The van der Waals surface area contributed by atoms with Crippen LogP contribution in [0.2, 0.25) is 0 Å². The number of hydrogen-bond acceptors (Lipinski definition) is 3. The Morgan fingerprint density at radius 2 is 1.90 bits per heavy atom. The molecule has 2 fully saturated rings. The van der Waals surface area contributed by atoms with Crippen LogP contribution in [0.4, 0.5) is 0 Å². The average molecular weight is 143 g/mol. The van der Waals surface area contributed by atoms with E-state index in [0.29, 0.717) is 18.1 Å². The van der Waals surface area contributed by atoms with Crippen LogP contribution < -0.4 is 5.32 Å². The Labute approximate surface area is 60.7 Å². The molecule has 3 heteroatoms. The van der Waals surface area contributed by atoms with Crippen LogP contribution in [0.3, 0.4) is 0 Å². The molecule has 10 heavy (non-hydrogen) atoms. The van der Waals surface area contributed by atoms with Gasteiger partial charge in [0.15, 0.2) is 0 Å². The lowest BCUT2D eigenvalue weighted by atomic mass is 10.4. The van der Waals surface area contributed by atoms with E-state index in [1.165, 1.54) is 0 Å². The Morgan fingerprint density at radius 3 is 2.40 bits per heavy atom. The molecule has 0 unspecified atom stereocenters. The van der Waals surface area contributed by atoms with E-state index < -0.39 is 0 Å². The Morgan fingerprint density at radius 1 is 1.30 bits per heavy atom. The predicted molar refractivity (Wildman–Crippen MR) is 36.9 cm³/mol. The van der Waals surface area contributed by atoms with E-state index in [1.54, 1.807) is 0 Å². The fourth-order valence-corrected chi connectivity index (χ4v) is 1.59. The summed E-state index contributed by atoms with van der Waals surface area (Å²) in [6.45, 7) is 2.58. The zero-order valence-electron chi connectivity index (χ0n) is 6.17. The molecule has 58 valence electrons. The molecular weight excluding hydrogens is 130 g/mol. The number of rotatable bonds is 2. The summed E-state index contributed by atoms with van der Waals surface area (Å²) >= 11 is 0. The quantitative estimate of drug-likeness (QED) is 0.571. The van der Waals surface area contributed by atoms with Gasteiger partial charge >= 0.3 is 0 Å². The lowest BCUT2D eigenvalue weighted by Gasteiger charge is -2.09. The van der Waals surface area contributed by atoms with Crippen molar-refractivity contribution in [2.24, 2.45) is 5.92 Å². The Balaban J connectivity index is 1.82. The third-order valence-electron chi connectivity index (χ3n) is 2.17. The SMILES string of the molecule is CNCC1[C@H]2OCCO[C@H]12. The van der Waals surface area contributed by atoms with Crippen LogP contribution >= 0.6 is 0 Å². The van der Waals surface area contributed by atoms with Crippen LogP contribution in [0.25, 0.3) is 0 Å². The van der Waals surface area contributed by atoms with Gasteiger partial charge in [-0.1, -0.05) is 0 Å². The molecule has 0 aromatic rings. The first-order chi connectivity index (χ1) is 4.93. The first-order valence-corrected chi connectivity index (χ1v) is 3.81. The molecule has 0 radical (unpaired) electrons. The summed E-state index contributed by atoms with van der Waals surface area (Å²) < 4.78 is 10.9. The van der Waals surface area contributed by atoms with Crippen molar-refractivity contribution in [2.45, 2.75) is 12.2 Å². The molecule has 1 N–H and O–H groups in total. The molecule has 0 aromatic carbocycles. The largest absolute Gasteiger partial charge is 0.373 e. The van der Waals surface area contributed by atoms with Gasteiger partial charge in [-0.15, -0.1) is 0 Å². The van der Waals surface area contributed by atoms with Crippen molar-refractivity contribution < 1.29 is 9.47 Å². The van der Waals surface area contributed by atoms with Crippen LogP contribution in [0.15, 0.2) is 0 Å². The normalized spacial score (nSPS) is 44.7. The molecule has 1 heterocycles. The van der Waals surface area contributed by atoms with Crippen molar-refractivity contribution in [1.29, 1.82) is 0 Å². The zero-order valence-corrected chi connectivity index (χ0v) is 6.17. The minimum atomic E-state index is 0.404. The van der Waals surface area contributed by atoms with E-state index in [1.807, 2.05) is 7.05 Å². The minimum Gasteiger partial charge on any atom is -0.373 e. The summed E-state index contributed by atoms with van der Waals surface area (Å²) in [4.78, 5) is 0. The van der Waals surface area contributed by atoms with Crippen LogP contribution in [0.5, 0.6) is 0 Å². The molecule has 0 bridgehead atoms. The number of ether oxygens (including phenoxy) is 2. The van der Waals surface area contributed by atoms with Gasteiger partial charge in [0.2, 0.25) is 0 Å². The van der Waals surface area contributed by atoms with Gasteiger partial charge in [-0.2, -0.15) is 0 Å². The third kappa shape index (κ3) is 0.944. The van der Waals surface area contributed by atoms with Crippen molar-refractivity contribution in [3.05, 3.63) is 0 Å². The van der Waals surface area contributed by atoms with Crippen molar-refractivity contribution in [3.8, 4) is 0 Å². The van der Waals surface area contributed by atoms with Gasteiger partial charge in [-0.3, -0.25) is 0 Å². The van der Waals surface area contributed by atoms with Gasteiger partial charge in [0.05, 0.1) is 25.4 Å². The van der Waals surface area contributed by atoms with Gasteiger partial charge in [0.1, 0.15) is 0 Å². The molecule has 1 aliphatic heterocycles. The van der Waals surface area contributed by atoms with E-state index in [9.17, 15) is 0 Å². The maximum absolute atomic E-state index is 5.45. The molecular formula is C7H13NO2. The van der Waals surface area contributed by atoms with Crippen LogP contribution in [-0.2, 0) is 9.47 Å². The molecule has 0 aromatic heterocycles. The van der Waals surface area contributed by atoms with E-state index >= 15 is 0 Å². The third-order valence-corrected chi connectivity index (χ3v) is 2.17. The summed E-state index contributed by atoms with van der Waals surface area (Å²) in [5.74, 6) is 0.618. The maximum Gasteiger partial charge on any atom is 0.0908 e. The zero-order chi connectivity index (χ0) is 6.97. The lowest BCUT2D eigenvalue weighted by molar-refractivity contribution is -0.0376. The highest BCUT2D eigenvalue weighted by atomic mass is 16.6. The second-order valence-corrected chi connectivity index (χ2v) is 2.89. The topological polar surface area (TPSA) is 30.5 Å². The molecule has 1 saturated heterocycles. The number of fused-ring (bicyclic) bond motifs is 1. The maximum atomic E-state index is 5.45. The molecule has 2 atom stereocenters. The van der Waals surface area contributed by atoms with E-state index in [4.69, 9.17) is 9.47 Å². The Hall–Kier alpha value is -0.120. The van der Waals surface area contributed by atoms with Crippen molar-refractivity contribution in [3.63, 3.8) is 0 Å². The van der Waals surface area contributed by atoms with Crippen molar-refractivity contribution in [2.75, 3.05) is 26.8 Å². The number of hydrogen-bond donors (Lipinski definition) is 1. The smallest absolute Gasteiger partial charge is 0.0908 e. The van der Waals surface area contributed by atoms with Gasteiger partial charge in [0, 0.05) is 12.5 Å². The van der Waals surface area contributed by atoms with Gasteiger partial charge < -0.3 is 14.8 Å². The number of nitrogens with one attached hydrogen (secondary N) is 1. The fraction of sp³-hybridized carbons (Fsp3) is 1.00. The molecule has 0 amide bonds. The lowest BCUT2D eigenvalue weighted by Crippen LogP contribution is -2.16. The standard InChI is InChI=1S/C7H13NO2/c1-8-4-5-6-7(5)10-3-2-9-6/h5-8H,2-4H2,1H3/t6-,7-/m1/s1. The molecule has 3 nitrogen and oxygen atoms in total. The predicted octanol–water partition coefficient (Wildman–Crippen LogP) is -0.380. The highest BCUT2D eigenvalue weighted by Gasteiger charge is 2.53. The highest BCUT2D eigenvalue weighted by Crippen LogP contribution is 2.39. The minimum absolute atomic E-state index is 0.404. The molecule has 2 aliphatic rings. The van der Waals surface area contributed by atoms with Crippen LogP contribution in [0.1, 0.15) is 0 Å². The summed E-state index contributed by atoms with van der Waals surface area (Å²) in [5.41, 5.74) is 0. The molecule has 1 saturated carbocycles. The Kier molecular flexibility index (Phi) is 1.64. The van der Waals surface area contributed by atoms with E-state index in [-0.39, 0.29) is 0 Å². The second-order valence-electron chi connectivity index (χ2n) is 2.89. The molecule has 2 rings (SSSR count). The van der Waals surface area contributed by atoms with Gasteiger partial charge in [-0.05, 0) is 7.05 Å². The summed E-state index contributed by atoms with van der Waals surface area (Å²) in [5, 5.41) is 3.13. The summed E-state index contributed by atoms with van der Waals surface area (Å²) in [7, 11) is 1.96.